The van der Waals surface area contributed by atoms with E-state index < -0.39 is 12.0 Å². The summed E-state index contributed by atoms with van der Waals surface area (Å²) >= 11 is 0. The number of ether oxygens (including phenoxy) is 2. The summed E-state index contributed by atoms with van der Waals surface area (Å²) in [5.74, 6) is -1.82. The fourth-order valence-corrected chi connectivity index (χ4v) is 1.47. The van der Waals surface area contributed by atoms with Crippen molar-refractivity contribution >= 4 is 5.78 Å². The van der Waals surface area contributed by atoms with Crippen LogP contribution in [0, 0.1) is 0 Å². The van der Waals surface area contributed by atoms with E-state index in [9.17, 15) is 18.0 Å². The minimum absolute atomic E-state index is 0.340. The molecule has 7 heteroatoms. The van der Waals surface area contributed by atoms with Crippen LogP contribution >= 0.6 is 0 Å². The van der Waals surface area contributed by atoms with Crippen LogP contribution in [0.5, 0.6) is 0 Å². The Hall–Kier alpha value is -1.34. The number of carbonyl (C=O) groups excluding carboxylic acids is 1. The van der Waals surface area contributed by atoms with Crippen LogP contribution in [0.25, 0.3) is 0 Å². The smallest absolute Gasteiger partial charge is 0.382 e. The molecule has 1 rings (SSSR count). The molecule has 1 heterocycles. The van der Waals surface area contributed by atoms with E-state index in [-0.39, 0.29) is 5.56 Å². The standard InChI is InChI=1S/C12H16F3NO3/c1-18-7-8-19-6-2-4-16-5-3-10(9-16)11(17)12(13,14)15/h3,5,9H,2,4,6-8H2,1H3. The number of nitrogens with zero attached hydrogens (tertiary/aromatic N) is 1. The molecule has 0 atom stereocenters. The first-order chi connectivity index (χ1) is 8.95. The van der Waals surface area contributed by atoms with Gasteiger partial charge in [0.2, 0.25) is 0 Å². The Bertz CT molecular complexity index is 401. The van der Waals surface area contributed by atoms with Gasteiger partial charge < -0.3 is 14.0 Å². The van der Waals surface area contributed by atoms with E-state index in [1.807, 2.05) is 0 Å². The van der Waals surface area contributed by atoms with E-state index in [1.165, 1.54) is 18.5 Å². The highest BCUT2D eigenvalue weighted by molar-refractivity contribution is 6.00. The zero-order valence-electron chi connectivity index (χ0n) is 10.6. The lowest BCUT2D eigenvalue weighted by Gasteiger charge is -2.05. The Balaban J connectivity index is 2.33. The predicted octanol–water partition coefficient (Wildman–Crippen LogP) is 2.29. The Labute approximate surface area is 109 Å². The van der Waals surface area contributed by atoms with Gasteiger partial charge in [0.25, 0.3) is 5.78 Å². The van der Waals surface area contributed by atoms with Crippen LogP contribution in [0.1, 0.15) is 16.8 Å². The van der Waals surface area contributed by atoms with Crippen LogP contribution in [0.2, 0.25) is 0 Å². The highest BCUT2D eigenvalue weighted by atomic mass is 19.4. The maximum atomic E-state index is 12.2. The fraction of sp³-hybridized carbons (Fsp3) is 0.583. The molecule has 0 saturated heterocycles. The third-order valence-corrected chi connectivity index (χ3v) is 2.41. The molecule has 19 heavy (non-hydrogen) atoms. The molecule has 0 N–H and O–H groups in total. The molecule has 0 aromatic carbocycles. The number of ketones is 1. The second-order valence-electron chi connectivity index (χ2n) is 3.92. The molecule has 1 aromatic rings. The zero-order chi connectivity index (χ0) is 14.3. The van der Waals surface area contributed by atoms with Crippen molar-refractivity contribution in [1.29, 1.82) is 0 Å². The quantitative estimate of drug-likeness (QED) is 0.541. The van der Waals surface area contributed by atoms with Gasteiger partial charge in [-0.1, -0.05) is 0 Å². The molecule has 0 unspecified atom stereocenters. The number of hydrogen-bond donors (Lipinski definition) is 0. The van der Waals surface area contributed by atoms with Crippen LogP contribution in [-0.2, 0) is 16.0 Å². The number of methoxy groups -OCH3 is 1. The largest absolute Gasteiger partial charge is 0.454 e. The first kappa shape index (κ1) is 15.7. The van der Waals surface area contributed by atoms with E-state index in [2.05, 4.69) is 0 Å². The van der Waals surface area contributed by atoms with Crippen molar-refractivity contribution in [2.45, 2.75) is 19.1 Å². The molecule has 108 valence electrons. The highest BCUT2D eigenvalue weighted by Crippen LogP contribution is 2.21. The molecular weight excluding hydrogens is 263 g/mol. The van der Waals surface area contributed by atoms with Gasteiger partial charge in [0.15, 0.2) is 0 Å². The van der Waals surface area contributed by atoms with Gasteiger partial charge in [0.1, 0.15) is 0 Å². The zero-order valence-corrected chi connectivity index (χ0v) is 10.6. The van der Waals surface area contributed by atoms with Gasteiger partial charge in [0, 0.05) is 38.2 Å². The average molecular weight is 279 g/mol. The SMILES string of the molecule is COCCOCCCn1ccc(C(=O)C(F)(F)F)c1. The van der Waals surface area contributed by atoms with Crippen molar-refractivity contribution in [2.75, 3.05) is 26.9 Å². The van der Waals surface area contributed by atoms with E-state index >= 15 is 0 Å². The second-order valence-corrected chi connectivity index (χ2v) is 3.92. The van der Waals surface area contributed by atoms with Gasteiger partial charge in [-0.15, -0.1) is 0 Å². The topological polar surface area (TPSA) is 40.5 Å². The average Bonchev–Trinajstić information content (AvgIpc) is 2.80. The Morgan fingerprint density at radius 1 is 1.32 bits per heavy atom. The summed E-state index contributed by atoms with van der Waals surface area (Å²) in [7, 11) is 1.57. The lowest BCUT2D eigenvalue weighted by molar-refractivity contribution is -0.0885. The van der Waals surface area contributed by atoms with Crippen LogP contribution < -0.4 is 0 Å². The predicted molar refractivity (Wildman–Crippen MR) is 62.1 cm³/mol. The van der Waals surface area contributed by atoms with Gasteiger partial charge in [0.05, 0.1) is 13.2 Å². The lowest BCUT2D eigenvalue weighted by Crippen LogP contribution is -2.22. The number of alkyl halides is 3. The van der Waals surface area contributed by atoms with E-state index in [4.69, 9.17) is 9.47 Å². The molecule has 4 nitrogen and oxygen atoms in total. The summed E-state index contributed by atoms with van der Waals surface area (Å²) in [4.78, 5) is 11.0. The van der Waals surface area contributed by atoms with Crippen LogP contribution in [0.4, 0.5) is 13.2 Å². The minimum atomic E-state index is -4.82. The first-order valence-electron chi connectivity index (χ1n) is 5.79. The Morgan fingerprint density at radius 2 is 2.05 bits per heavy atom. The second kappa shape index (κ2) is 7.30. The monoisotopic (exact) mass is 279 g/mol. The lowest BCUT2D eigenvalue weighted by atomic mass is 10.2. The molecule has 1 aromatic heterocycles. The highest BCUT2D eigenvalue weighted by Gasteiger charge is 2.39. The van der Waals surface area contributed by atoms with Gasteiger partial charge in [-0.2, -0.15) is 13.2 Å². The number of Topliss-reactive ketones (excluding diaryl/α,β-unsaturated/α-hetero) is 1. The summed E-state index contributed by atoms with van der Waals surface area (Å²) in [6.45, 7) is 1.98. The summed E-state index contributed by atoms with van der Waals surface area (Å²) < 4.78 is 48.1. The number of halogens is 3. The van der Waals surface area contributed by atoms with Crippen LogP contribution in [0.3, 0.4) is 0 Å². The maximum absolute atomic E-state index is 12.2. The summed E-state index contributed by atoms with van der Waals surface area (Å²) in [5, 5.41) is 0. The van der Waals surface area contributed by atoms with E-state index in [0.29, 0.717) is 32.8 Å². The van der Waals surface area contributed by atoms with E-state index in [1.54, 1.807) is 11.7 Å². The maximum Gasteiger partial charge on any atom is 0.454 e. The third-order valence-electron chi connectivity index (χ3n) is 2.41. The van der Waals surface area contributed by atoms with Crippen LogP contribution in [-0.4, -0.2) is 43.5 Å². The number of rotatable bonds is 8. The van der Waals surface area contributed by atoms with Crippen molar-refractivity contribution in [2.24, 2.45) is 0 Å². The van der Waals surface area contributed by atoms with Crippen molar-refractivity contribution in [3.63, 3.8) is 0 Å². The molecule has 0 aliphatic heterocycles. The summed E-state index contributed by atoms with van der Waals surface area (Å²) in [5.41, 5.74) is -0.340. The fourth-order valence-electron chi connectivity index (χ4n) is 1.47. The van der Waals surface area contributed by atoms with Crippen molar-refractivity contribution < 1.29 is 27.4 Å². The molecular formula is C12H16F3NO3. The molecule has 0 amide bonds. The molecule has 0 aliphatic carbocycles. The summed E-state index contributed by atoms with van der Waals surface area (Å²) in [6.07, 6.45) is -1.52. The van der Waals surface area contributed by atoms with Gasteiger partial charge >= 0.3 is 6.18 Å². The number of carbonyl (C=O) groups is 1. The van der Waals surface area contributed by atoms with Crippen molar-refractivity contribution in [3.05, 3.63) is 24.0 Å². The third kappa shape index (κ3) is 5.44. The normalized spacial score (nSPS) is 11.8. The number of hydrogen-bond acceptors (Lipinski definition) is 3. The van der Waals surface area contributed by atoms with Crippen molar-refractivity contribution in [1.82, 2.24) is 4.57 Å². The molecule has 0 saturated carbocycles. The minimum Gasteiger partial charge on any atom is -0.382 e. The Morgan fingerprint density at radius 3 is 2.68 bits per heavy atom. The van der Waals surface area contributed by atoms with Gasteiger partial charge in [-0.25, -0.2) is 0 Å². The molecule has 0 spiro atoms. The molecule has 0 aliphatic rings. The molecule has 0 fully saturated rings. The van der Waals surface area contributed by atoms with Crippen molar-refractivity contribution in [3.8, 4) is 0 Å². The van der Waals surface area contributed by atoms with Gasteiger partial charge in [-0.3, -0.25) is 4.79 Å². The van der Waals surface area contributed by atoms with Gasteiger partial charge in [-0.05, 0) is 12.5 Å². The first-order valence-corrected chi connectivity index (χ1v) is 5.79. The van der Waals surface area contributed by atoms with E-state index in [0.717, 1.165) is 0 Å². The number of aryl methyl sites for hydroxylation is 1. The molecule has 0 bridgehead atoms. The number of aromatic nitrogens is 1. The van der Waals surface area contributed by atoms with Crippen LogP contribution in [0.15, 0.2) is 18.5 Å². The molecule has 0 radical (unpaired) electrons. The summed E-state index contributed by atoms with van der Waals surface area (Å²) in [6, 6.07) is 1.17. The Kier molecular flexibility index (Phi) is 6.04.